The minimum absolute atomic E-state index is 0.175. The molecule has 110 valence electrons. The second-order valence-corrected chi connectivity index (χ2v) is 6.28. The molecule has 0 atom stereocenters. The molecule has 0 fully saturated rings. The van der Waals surface area contributed by atoms with Crippen molar-refractivity contribution < 1.29 is 18.3 Å². The van der Waals surface area contributed by atoms with Crippen LogP contribution in [0.5, 0.6) is 0 Å². The van der Waals surface area contributed by atoms with Gasteiger partial charge in [-0.05, 0) is 30.7 Å². The Labute approximate surface area is 124 Å². The lowest BCUT2D eigenvalue weighted by Gasteiger charge is -2.08. The predicted molar refractivity (Wildman–Crippen MR) is 74.2 cm³/mol. The van der Waals surface area contributed by atoms with Crippen LogP contribution in [0, 0.1) is 6.92 Å². The van der Waals surface area contributed by atoms with Gasteiger partial charge in [0.05, 0.1) is 10.5 Å². The number of nitrogens with zero attached hydrogens (tertiary/aromatic N) is 2. The van der Waals surface area contributed by atoms with Crippen molar-refractivity contribution in [2.45, 2.75) is 11.8 Å². The lowest BCUT2D eigenvalue weighted by molar-refractivity contribution is 0.0696. The fraction of sp³-hybridized carbons (Fsp3) is 0.0833. The molecule has 0 saturated carbocycles. The molecular formula is C12H9ClN2O5S. The zero-order chi connectivity index (χ0) is 15.8. The van der Waals surface area contributed by atoms with Gasteiger partial charge in [0.25, 0.3) is 15.6 Å². The highest BCUT2D eigenvalue weighted by atomic mass is 35.5. The Bertz CT molecular complexity index is 889. The Morgan fingerprint density at radius 1 is 1.29 bits per heavy atom. The van der Waals surface area contributed by atoms with Crippen LogP contribution < -0.4 is 5.56 Å². The van der Waals surface area contributed by atoms with Gasteiger partial charge in [0.1, 0.15) is 0 Å². The molecule has 0 unspecified atom stereocenters. The molecule has 1 aromatic carbocycles. The number of aryl methyl sites for hydroxylation is 1. The van der Waals surface area contributed by atoms with E-state index < -0.39 is 21.6 Å². The van der Waals surface area contributed by atoms with E-state index in [2.05, 4.69) is 5.10 Å². The number of hydrogen-bond donors (Lipinski definition) is 1. The highest BCUT2D eigenvalue weighted by Crippen LogP contribution is 2.17. The van der Waals surface area contributed by atoms with Crippen molar-refractivity contribution in [3.63, 3.8) is 0 Å². The van der Waals surface area contributed by atoms with Gasteiger partial charge in [-0.3, -0.25) is 4.79 Å². The third-order valence-electron chi connectivity index (χ3n) is 2.70. The summed E-state index contributed by atoms with van der Waals surface area (Å²) < 4.78 is 24.9. The van der Waals surface area contributed by atoms with Crippen molar-refractivity contribution in [3.05, 3.63) is 57.0 Å². The number of aromatic carboxylic acids is 1. The smallest absolute Gasteiger partial charge is 0.335 e. The maximum absolute atomic E-state index is 12.3. The number of carboxylic acid groups (broad SMARTS) is 1. The average Bonchev–Trinajstić information content (AvgIpc) is 2.41. The van der Waals surface area contributed by atoms with E-state index in [1.165, 1.54) is 19.1 Å². The van der Waals surface area contributed by atoms with Crippen LogP contribution >= 0.6 is 11.6 Å². The molecule has 0 radical (unpaired) electrons. The third-order valence-corrected chi connectivity index (χ3v) is 4.47. The van der Waals surface area contributed by atoms with Gasteiger partial charge >= 0.3 is 5.97 Å². The van der Waals surface area contributed by atoms with Crippen molar-refractivity contribution in [1.82, 2.24) is 9.19 Å². The first-order valence-electron chi connectivity index (χ1n) is 5.59. The molecule has 2 rings (SSSR count). The molecule has 0 spiro atoms. The molecule has 1 aromatic heterocycles. The van der Waals surface area contributed by atoms with Gasteiger partial charge in [-0.15, -0.1) is 9.19 Å². The van der Waals surface area contributed by atoms with Gasteiger partial charge < -0.3 is 5.11 Å². The van der Waals surface area contributed by atoms with E-state index in [-0.39, 0.29) is 19.7 Å². The van der Waals surface area contributed by atoms with E-state index in [0.717, 1.165) is 18.2 Å². The topological polar surface area (TPSA) is 106 Å². The highest BCUT2D eigenvalue weighted by molar-refractivity contribution is 7.89. The lowest BCUT2D eigenvalue weighted by atomic mass is 10.1. The van der Waals surface area contributed by atoms with E-state index >= 15 is 0 Å². The van der Waals surface area contributed by atoms with Gasteiger partial charge in [0, 0.05) is 6.07 Å². The fourth-order valence-electron chi connectivity index (χ4n) is 1.64. The number of carboxylic acids is 1. The third kappa shape index (κ3) is 2.81. The highest BCUT2D eigenvalue weighted by Gasteiger charge is 2.22. The van der Waals surface area contributed by atoms with Gasteiger partial charge in [-0.2, -0.15) is 8.42 Å². The number of benzene rings is 1. The molecule has 7 nitrogen and oxygen atoms in total. The summed E-state index contributed by atoms with van der Waals surface area (Å²) in [4.78, 5) is 22.3. The quantitative estimate of drug-likeness (QED) is 0.905. The van der Waals surface area contributed by atoms with E-state index in [1.807, 2.05) is 0 Å². The molecule has 0 amide bonds. The van der Waals surface area contributed by atoms with Crippen LogP contribution in [0.2, 0.25) is 5.15 Å². The second-order valence-electron chi connectivity index (χ2n) is 4.12. The van der Waals surface area contributed by atoms with E-state index in [4.69, 9.17) is 16.7 Å². The standard InChI is InChI=1S/C12H9ClN2O5S/c1-7-2-3-8(6-9(7)12(17)18)21(19,20)15-11(16)5-4-10(13)14-15/h2-6H,1H3,(H,17,18). The van der Waals surface area contributed by atoms with Gasteiger partial charge in [-0.25, -0.2) is 4.79 Å². The summed E-state index contributed by atoms with van der Waals surface area (Å²) in [7, 11) is -4.32. The lowest BCUT2D eigenvalue weighted by Crippen LogP contribution is -2.29. The summed E-state index contributed by atoms with van der Waals surface area (Å²) in [5.74, 6) is -1.27. The van der Waals surface area contributed by atoms with Crippen LogP contribution in [0.15, 0.2) is 40.0 Å². The summed E-state index contributed by atoms with van der Waals surface area (Å²) in [6, 6.07) is 5.63. The van der Waals surface area contributed by atoms with Crippen molar-refractivity contribution in [3.8, 4) is 0 Å². The Kier molecular flexibility index (Phi) is 3.84. The Morgan fingerprint density at radius 2 is 1.95 bits per heavy atom. The van der Waals surface area contributed by atoms with Crippen molar-refractivity contribution in [2.75, 3.05) is 0 Å². The monoisotopic (exact) mass is 328 g/mol. The Morgan fingerprint density at radius 3 is 2.57 bits per heavy atom. The van der Waals surface area contributed by atoms with Gasteiger partial charge in [0.2, 0.25) is 0 Å². The van der Waals surface area contributed by atoms with Crippen molar-refractivity contribution in [2.24, 2.45) is 0 Å². The second kappa shape index (κ2) is 5.30. The maximum atomic E-state index is 12.3. The molecule has 0 aliphatic heterocycles. The molecule has 0 saturated heterocycles. The Balaban J connectivity index is 2.70. The number of aromatic nitrogens is 2. The average molecular weight is 329 g/mol. The summed E-state index contributed by atoms with van der Waals surface area (Å²) in [5, 5.41) is 12.3. The van der Waals surface area contributed by atoms with Crippen LogP contribution in [0.1, 0.15) is 15.9 Å². The predicted octanol–water partition coefficient (Wildman–Crippen LogP) is 1.14. The number of halogens is 1. The van der Waals surface area contributed by atoms with Crippen LogP contribution in [0.3, 0.4) is 0 Å². The molecule has 0 aliphatic rings. The molecule has 1 N–H and O–H groups in total. The zero-order valence-electron chi connectivity index (χ0n) is 10.6. The summed E-state index contributed by atoms with van der Waals surface area (Å²) in [5.41, 5.74) is -0.671. The van der Waals surface area contributed by atoms with Crippen molar-refractivity contribution >= 4 is 27.6 Å². The largest absolute Gasteiger partial charge is 0.478 e. The maximum Gasteiger partial charge on any atom is 0.335 e. The molecule has 21 heavy (non-hydrogen) atoms. The molecule has 0 bridgehead atoms. The van der Waals surface area contributed by atoms with E-state index in [9.17, 15) is 18.0 Å². The first kappa shape index (κ1) is 15.2. The number of rotatable bonds is 3. The minimum Gasteiger partial charge on any atom is -0.478 e. The van der Waals surface area contributed by atoms with Gasteiger partial charge in [-0.1, -0.05) is 17.7 Å². The number of hydrogen-bond acceptors (Lipinski definition) is 5. The first-order chi connectivity index (χ1) is 9.73. The molecular weight excluding hydrogens is 320 g/mol. The van der Waals surface area contributed by atoms with Gasteiger partial charge in [0.15, 0.2) is 5.15 Å². The zero-order valence-corrected chi connectivity index (χ0v) is 12.2. The molecule has 1 heterocycles. The van der Waals surface area contributed by atoms with Crippen molar-refractivity contribution in [1.29, 1.82) is 0 Å². The summed E-state index contributed by atoms with van der Waals surface area (Å²) in [6.07, 6.45) is 0. The van der Waals surface area contributed by atoms with Crippen LogP contribution in [0.25, 0.3) is 0 Å². The van der Waals surface area contributed by atoms with Crippen LogP contribution in [-0.2, 0) is 10.0 Å². The fourth-order valence-corrected chi connectivity index (χ4v) is 3.02. The SMILES string of the molecule is Cc1ccc(S(=O)(=O)n2nc(Cl)ccc2=O)cc1C(=O)O. The van der Waals surface area contributed by atoms with Crippen LogP contribution in [-0.4, -0.2) is 28.7 Å². The van der Waals surface area contributed by atoms with E-state index in [1.54, 1.807) is 0 Å². The van der Waals surface area contributed by atoms with E-state index in [0.29, 0.717) is 5.56 Å². The minimum atomic E-state index is -4.32. The molecule has 2 aromatic rings. The number of carbonyl (C=O) groups is 1. The summed E-state index contributed by atoms with van der Waals surface area (Å²) >= 11 is 5.59. The molecule has 9 heteroatoms. The first-order valence-corrected chi connectivity index (χ1v) is 7.40. The normalized spacial score (nSPS) is 11.3. The summed E-state index contributed by atoms with van der Waals surface area (Å²) in [6.45, 7) is 1.53. The Hall–Kier alpha value is -2.19. The van der Waals surface area contributed by atoms with Crippen LogP contribution in [0.4, 0.5) is 0 Å². The molecule has 0 aliphatic carbocycles.